The van der Waals surface area contributed by atoms with Crippen molar-refractivity contribution in [2.45, 2.75) is 32.6 Å². The fraction of sp³-hybridized carbons (Fsp3) is 0.185. The number of phenols is 1. The second-order valence-electron chi connectivity index (χ2n) is 8.40. The van der Waals surface area contributed by atoms with Crippen molar-refractivity contribution in [3.8, 4) is 5.75 Å². The van der Waals surface area contributed by atoms with Crippen molar-refractivity contribution in [2.75, 3.05) is 0 Å². The zero-order valence-corrected chi connectivity index (χ0v) is 17.5. The molecule has 150 valence electrons. The molecule has 0 spiro atoms. The Morgan fingerprint density at radius 1 is 0.700 bits per heavy atom. The van der Waals surface area contributed by atoms with Crippen molar-refractivity contribution in [1.29, 1.82) is 0 Å². The molecule has 0 saturated carbocycles. The first-order chi connectivity index (χ1) is 14.6. The lowest BCUT2D eigenvalue weighted by molar-refractivity contribution is 0.461. The van der Waals surface area contributed by atoms with E-state index in [1.165, 1.54) is 27.5 Å². The summed E-state index contributed by atoms with van der Waals surface area (Å²) in [5, 5.41) is 13.7. The van der Waals surface area contributed by atoms with E-state index in [2.05, 4.69) is 78.7 Å². The Hall–Kier alpha value is -3.46. The minimum atomic E-state index is -0.0883. The highest BCUT2D eigenvalue weighted by atomic mass is 16.3. The second kappa shape index (κ2) is 7.10. The van der Waals surface area contributed by atoms with Gasteiger partial charge in [0.05, 0.1) is 0 Å². The summed E-state index contributed by atoms with van der Waals surface area (Å²) in [6.45, 7) is 6.36. The van der Waals surface area contributed by atoms with Crippen LogP contribution in [0.2, 0.25) is 0 Å². The largest absolute Gasteiger partial charge is 0.507 e. The first kappa shape index (κ1) is 18.6. The molecule has 3 aromatic carbocycles. The molecule has 0 aliphatic rings. The smallest absolute Gasteiger partial charge is 0.122 e. The first-order valence-electron chi connectivity index (χ1n) is 10.5. The van der Waals surface area contributed by atoms with Gasteiger partial charge >= 0.3 is 0 Å². The van der Waals surface area contributed by atoms with E-state index >= 15 is 0 Å². The number of rotatable bonds is 4. The molecule has 0 unspecified atom stereocenters. The van der Waals surface area contributed by atoms with Gasteiger partial charge in [-0.3, -0.25) is 0 Å². The average molecular weight is 395 g/mol. The van der Waals surface area contributed by atoms with Gasteiger partial charge in [-0.05, 0) is 47.2 Å². The minimum absolute atomic E-state index is 0.0883. The highest BCUT2D eigenvalue weighted by molar-refractivity contribution is 5.89. The Balaban J connectivity index is 1.89. The number of aromatic amines is 2. The second-order valence-corrected chi connectivity index (χ2v) is 8.40. The Bertz CT molecular complexity index is 1280. The molecule has 5 rings (SSSR count). The predicted octanol–water partition coefficient (Wildman–Crippen LogP) is 6.97. The Morgan fingerprint density at radius 3 is 1.77 bits per heavy atom. The van der Waals surface area contributed by atoms with Gasteiger partial charge in [0.1, 0.15) is 5.75 Å². The van der Waals surface area contributed by atoms with Gasteiger partial charge < -0.3 is 15.1 Å². The summed E-state index contributed by atoms with van der Waals surface area (Å²) in [6, 6.07) is 21.0. The molecule has 0 atom stereocenters. The molecule has 0 aliphatic heterocycles. The number of H-pyrrole nitrogens is 2. The van der Waals surface area contributed by atoms with Crippen molar-refractivity contribution >= 4 is 21.8 Å². The van der Waals surface area contributed by atoms with Gasteiger partial charge in [0.2, 0.25) is 0 Å². The van der Waals surface area contributed by atoms with Crippen LogP contribution in [0.3, 0.4) is 0 Å². The molecule has 3 N–H and O–H groups in total. The number of fused-ring (bicyclic) bond motifs is 2. The standard InChI is InChI=1S/C27H26N2O/c1-16(2)18-13-12-17(3)27(30)26(18)25(21-14-28-23-10-6-4-8-19(21)23)22-15-29-24-11-7-5-9-20(22)24/h4-16,25,28-30H,1-3H3. The monoisotopic (exact) mass is 394 g/mol. The number of hydrogen-bond acceptors (Lipinski definition) is 1. The normalized spacial score (nSPS) is 11.9. The van der Waals surface area contributed by atoms with E-state index in [1.807, 2.05) is 25.1 Å². The Kier molecular flexibility index (Phi) is 4.39. The summed E-state index contributed by atoms with van der Waals surface area (Å²) >= 11 is 0. The maximum Gasteiger partial charge on any atom is 0.122 e. The van der Waals surface area contributed by atoms with Crippen LogP contribution in [0.4, 0.5) is 0 Å². The van der Waals surface area contributed by atoms with Crippen molar-refractivity contribution in [2.24, 2.45) is 0 Å². The van der Waals surface area contributed by atoms with E-state index in [1.54, 1.807) is 0 Å². The maximum absolute atomic E-state index is 11.3. The number of phenolic OH excluding ortho intramolecular Hbond substituents is 1. The van der Waals surface area contributed by atoms with Gasteiger partial charge in [-0.1, -0.05) is 62.4 Å². The quantitative estimate of drug-likeness (QED) is 0.303. The number of aromatic nitrogens is 2. The first-order valence-corrected chi connectivity index (χ1v) is 10.5. The van der Waals surface area contributed by atoms with Gasteiger partial charge in [-0.15, -0.1) is 0 Å². The van der Waals surface area contributed by atoms with Crippen molar-refractivity contribution in [3.05, 3.63) is 101 Å². The van der Waals surface area contributed by atoms with Gasteiger partial charge in [-0.25, -0.2) is 0 Å². The third-order valence-corrected chi connectivity index (χ3v) is 6.23. The van der Waals surface area contributed by atoms with Crippen LogP contribution in [0.5, 0.6) is 5.75 Å². The van der Waals surface area contributed by atoms with Gasteiger partial charge in [0.25, 0.3) is 0 Å². The van der Waals surface area contributed by atoms with Crippen LogP contribution in [0.1, 0.15) is 53.5 Å². The molecule has 5 aromatic rings. The zero-order chi connectivity index (χ0) is 20.8. The number of nitrogens with one attached hydrogen (secondary N) is 2. The molecule has 0 saturated heterocycles. The summed E-state index contributed by atoms with van der Waals surface area (Å²) in [4.78, 5) is 6.88. The molecule has 0 fully saturated rings. The number of benzene rings is 3. The molecular formula is C27H26N2O. The van der Waals surface area contributed by atoms with Crippen LogP contribution in [0.25, 0.3) is 21.8 Å². The maximum atomic E-state index is 11.3. The summed E-state index contributed by atoms with van der Waals surface area (Å²) in [5.41, 5.74) is 7.65. The van der Waals surface area contributed by atoms with Crippen LogP contribution < -0.4 is 0 Å². The molecule has 0 amide bonds. The van der Waals surface area contributed by atoms with E-state index < -0.39 is 0 Å². The molecule has 0 aliphatic carbocycles. The molecule has 3 heteroatoms. The van der Waals surface area contributed by atoms with Crippen LogP contribution in [0, 0.1) is 6.92 Å². The summed E-state index contributed by atoms with van der Waals surface area (Å²) in [5.74, 6) is 0.598. The molecule has 2 heterocycles. The third kappa shape index (κ3) is 2.81. The third-order valence-electron chi connectivity index (χ3n) is 6.23. The van der Waals surface area contributed by atoms with Gasteiger partial charge in [-0.2, -0.15) is 0 Å². The Labute approximate surface area is 176 Å². The van der Waals surface area contributed by atoms with E-state index in [9.17, 15) is 5.11 Å². The van der Waals surface area contributed by atoms with Crippen LogP contribution in [-0.2, 0) is 0 Å². The number of aromatic hydroxyl groups is 1. The van der Waals surface area contributed by atoms with Crippen LogP contribution >= 0.6 is 0 Å². The zero-order valence-electron chi connectivity index (χ0n) is 17.5. The molecule has 0 bridgehead atoms. The molecule has 2 aromatic heterocycles. The number of para-hydroxylation sites is 2. The fourth-order valence-corrected chi connectivity index (χ4v) is 4.68. The minimum Gasteiger partial charge on any atom is -0.507 e. The molecule has 30 heavy (non-hydrogen) atoms. The lowest BCUT2D eigenvalue weighted by atomic mass is 9.79. The lowest BCUT2D eigenvalue weighted by Gasteiger charge is -2.24. The SMILES string of the molecule is Cc1ccc(C(C)C)c(C(c2c[nH]c3ccccc23)c2c[nH]c3ccccc23)c1O. The van der Waals surface area contributed by atoms with Crippen molar-refractivity contribution in [3.63, 3.8) is 0 Å². The Morgan fingerprint density at radius 2 is 1.23 bits per heavy atom. The summed E-state index contributed by atoms with van der Waals surface area (Å²) in [7, 11) is 0. The molecular weight excluding hydrogens is 368 g/mol. The number of hydrogen-bond donors (Lipinski definition) is 3. The highest BCUT2D eigenvalue weighted by Gasteiger charge is 2.29. The number of aryl methyl sites for hydroxylation is 1. The van der Waals surface area contributed by atoms with E-state index in [0.717, 1.165) is 22.2 Å². The predicted molar refractivity (Wildman–Crippen MR) is 124 cm³/mol. The van der Waals surface area contributed by atoms with E-state index in [-0.39, 0.29) is 5.92 Å². The van der Waals surface area contributed by atoms with Crippen molar-refractivity contribution < 1.29 is 5.11 Å². The average Bonchev–Trinajstić information content (AvgIpc) is 3.36. The van der Waals surface area contributed by atoms with E-state index in [0.29, 0.717) is 11.7 Å². The molecule has 0 radical (unpaired) electrons. The molecule has 3 nitrogen and oxygen atoms in total. The van der Waals surface area contributed by atoms with Gasteiger partial charge in [0.15, 0.2) is 0 Å². The summed E-state index contributed by atoms with van der Waals surface area (Å²) < 4.78 is 0. The van der Waals surface area contributed by atoms with Crippen LogP contribution in [0.15, 0.2) is 73.1 Å². The van der Waals surface area contributed by atoms with Gasteiger partial charge in [0, 0.05) is 45.7 Å². The highest BCUT2D eigenvalue weighted by Crippen LogP contribution is 2.46. The fourth-order valence-electron chi connectivity index (χ4n) is 4.68. The summed E-state index contributed by atoms with van der Waals surface area (Å²) in [6.07, 6.45) is 4.20. The lowest BCUT2D eigenvalue weighted by Crippen LogP contribution is -2.08. The van der Waals surface area contributed by atoms with Crippen LogP contribution in [-0.4, -0.2) is 15.1 Å². The van der Waals surface area contributed by atoms with Crippen molar-refractivity contribution in [1.82, 2.24) is 9.97 Å². The topological polar surface area (TPSA) is 51.8 Å². The van der Waals surface area contributed by atoms with E-state index in [4.69, 9.17) is 0 Å².